The van der Waals surface area contributed by atoms with Crippen LogP contribution in [0.5, 0.6) is 0 Å². The molecule has 3 N–H and O–H groups in total. The van der Waals surface area contributed by atoms with Crippen LogP contribution < -0.4 is 9.44 Å². The first-order valence-electron chi connectivity index (χ1n) is 5.08. The first-order valence-corrected chi connectivity index (χ1v) is 6.56. The Morgan fingerprint density at radius 2 is 1.94 bits per heavy atom. The molecule has 1 heterocycles. The van der Waals surface area contributed by atoms with Crippen molar-refractivity contribution in [2.24, 2.45) is 5.92 Å². The second-order valence-corrected chi connectivity index (χ2v) is 5.58. The number of rotatable bonds is 5. The zero-order valence-corrected chi connectivity index (χ0v) is 9.37. The predicted octanol–water partition coefficient (Wildman–Crippen LogP) is -1.33. The fourth-order valence-electron chi connectivity index (χ4n) is 1.57. The van der Waals surface area contributed by atoms with Gasteiger partial charge in [-0.3, -0.25) is 4.79 Å². The van der Waals surface area contributed by atoms with Gasteiger partial charge in [0.25, 0.3) is 10.2 Å². The summed E-state index contributed by atoms with van der Waals surface area (Å²) in [5, 5.41) is 8.84. The molecule has 1 aliphatic carbocycles. The number of aliphatic carboxylic acids is 1. The Balaban J connectivity index is 1.94. The molecule has 0 aromatic heterocycles. The van der Waals surface area contributed by atoms with Gasteiger partial charge in [-0.05, 0) is 12.8 Å². The molecule has 0 spiro atoms. The normalized spacial score (nSPS) is 30.5. The Kier molecular flexibility index (Phi) is 3.15. The minimum Gasteiger partial charge on any atom is -0.481 e. The lowest BCUT2D eigenvalue weighted by molar-refractivity contribution is -0.142. The summed E-state index contributed by atoms with van der Waals surface area (Å²) in [6.07, 6.45) is 1.68. The van der Waals surface area contributed by atoms with Gasteiger partial charge in [-0.1, -0.05) is 0 Å². The lowest BCUT2D eigenvalue weighted by atomic mass is 10.1. The zero-order valence-electron chi connectivity index (χ0n) is 8.55. The van der Waals surface area contributed by atoms with E-state index in [9.17, 15) is 13.2 Å². The summed E-state index contributed by atoms with van der Waals surface area (Å²) in [5.41, 5.74) is 0. The van der Waals surface area contributed by atoms with Gasteiger partial charge in [0, 0.05) is 6.04 Å². The SMILES string of the molecule is O=C(O)C1COCC1NS(=O)(=O)NC1CC1. The summed E-state index contributed by atoms with van der Waals surface area (Å²) in [4.78, 5) is 10.8. The minimum atomic E-state index is -3.61. The molecule has 7 nitrogen and oxygen atoms in total. The van der Waals surface area contributed by atoms with Crippen LogP contribution in [-0.4, -0.2) is 44.8 Å². The summed E-state index contributed by atoms with van der Waals surface area (Å²) >= 11 is 0. The largest absolute Gasteiger partial charge is 0.481 e. The maximum Gasteiger partial charge on any atom is 0.310 e. The molecular weight excluding hydrogens is 236 g/mol. The van der Waals surface area contributed by atoms with Crippen LogP contribution in [0.2, 0.25) is 0 Å². The van der Waals surface area contributed by atoms with Crippen LogP contribution in [0.15, 0.2) is 0 Å². The number of ether oxygens (including phenoxy) is 1. The number of carboxylic acid groups (broad SMARTS) is 1. The van der Waals surface area contributed by atoms with Crippen LogP contribution in [0.25, 0.3) is 0 Å². The molecule has 1 saturated carbocycles. The van der Waals surface area contributed by atoms with E-state index in [1.807, 2.05) is 0 Å². The Morgan fingerprint density at radius 1 is 1.25 bits per heavy atom. The highest BCUT2D eigenvalue weighted by Gasteiger charge is 2.37. The maximum atomic E-state index is 11.5. The fourth-order valence-corrected chi connectivity index (χ4v) is 2.94. The molecule has 0 amide bonds. The molecule has 16 heavy (non-hydrogen) atoms. The summed E-state index contributed by atoms with van der Waals surface area (Å²) < 4.78 is 32.8. The third-order valence-corrected chi connectivity index (χ3v) is 3.86. The Morgan fingerprint density at radius 3 is 2.50 bits per heavy atom. The third-order valence-electron chi connectivity index (χ3n) is 2.60. The second-order valence-electron chi connectivity index (χ2n) is 4.10. The van der Waals surface area contributed by atoms with Crippen LogP contribution in [0.4, 0.5) is 0 Å². The van der Waals surface area contributed by atoms with Crippen molar-refractivity contribution in [3.63, 3.8) is 0 Å². The third kappa shape index (κ3) is 2.91. The molecule has 2 atom stereocenters. The zero-order chi connectivity index (χ0) is 11.8. The summed E-state index contributed by atoms with van der Waals surface area (Å²) in [6.45, 7) is 0.147. The van der Waals surface area contributed by atoms with E-state index in [-0.39, 0.29) is 19.3 Å². The highest BCUT2D eigenvalue weighted by molar-refractivity contribution is 7.87. The van der Waals surface area contributed by atoms with E-state index in [1.165, 1.54) is 0 Å². The molecule has 1 aliphatic heterocycles. The molecule has 0 bridgehead atoms. The topological polar surface area (TPSA) is 105 Å². The molecule has 92 valence electrons. The van der Waals surface area contributed by atoms with E-state index < -0.39 is 28.1 Å². The Hall–Kier alpha value is -0.700. The van der Waals surface area contributed by atoms with Crippen molar-refractivity contribution in [2.45, 2.75) is 24.9 Å². The predicted molar refractivity (Wildman–Crippen MR) is 53.9 cm³/mol. The van der Waals surface area contributed by atoms with Gasteiger partial charge in [-0.25, -0.2) is 0 Å². The van der Waals surface area contributed by atoms with Gasteiger partial charge in [-0.15, -0.1) is 0 Å². The second kappa shape index (κ2) is 4.28. The molecular formula is C8H14N2O5S. The van der Waals surface area contributed by atoms with E-state index in [0.29, 0.717) is 0 Å². The van der Waals surface area contributed by atoms with Crippen LogP contribution in [-0.2, 0) is 19.7 Å². The van der Waals surface area contributed by atoms with Crippen molar-refractivity contribution < 1.29 is 23.1 Å². The van der Waals surface area contributed by atoms with Gasteiger partial charge in [0.2, 0.25) is 0 Å². The summed E-state index contributed by atoms with van der Waals surface area (Å²) in [6, 6.07) is -0.683. The van der Waals surface area contributed by atoms with E-state index >= 15 is 0 Å². The molecule has 2 aliphatic rings. The average Bonchev–Trinajstić information content (AvgIpc) is 2.80. The highest BCUT2D eigenvalue weighted by Crippen LogP contribution is 2.20. The van der Waals surface area contributed by atoms with Crippen LogP contribution >= 0.6 is 0 Å². The van der Waals surface area contributed by atoms with Crippen molar-refractivity contribution in [2.75, 3.05) is 13.2 Å². The Bertz CT molecular complexity index is 378. The van der Waals surface area contributed by atoms with E-state index in [4.69, 9.17) is 9.84 Å². The van der Waals surface area contributed by atoms with Crippen LogP contribution in [0.1, 0.15) is 12.8 Å². The van der Waals surface area contributed by atoms with E-state index in [1.54, 1.807) is 0 Å². The molecule has 1 saturated heterocycles. The molecule has 0 radical (unpaired) electrons. The molecule has 2 fully saturated rings. The van der Waals surface area contributed by atoms with Gasteiger partial charge >= 0.3 is 5.97 Å². The van der Waals surface area contributed by atoms with Gasteiger partial charge in [0.05, 0.1) is 25.2 Å². The number of hydrogen-bond acceptors (Lipinski definition) is 4. The van der Waals surface area contributed by atoms with Gasteiger partial charge < -0.3 is 9.84 Å². The van der Waals surface area contributed by atoms with E-state index in [0.717, 1.165) is 12.8 Å². The van der Waals surface area contributed by atoms with Gasteiger partial charge in [0.1, 0.15) is 0 Å². The van der Waals surface area contributed by atoms with Crippen molar-refractivity contribution in [1.29, 1.82) is 0 Å². The number of hydrogen-bond donors (Lipinski definition) is 3. The number of carboxylic acids is 1. The van der Waals surface area contributed by atoms with Gasteiger partial charge in [-0.2, -0.15) is 17.9 Å². The molecule has 0 aromatic rings. The minimum absolute atomic E-state index is 0.00287. The fraction of sp³-hybridized carbons (Fsp3) is 0.875. The van der Waals surface area contributed by atoms with Crippen molar-refractivity contribution >= 4 is 16.2 Å². The van der Waals surface area contributed by atoms with Crippen molar-refractivity contribution in [3.8, 4) is 0 Å². The van der Waals surface area contributed by atoms with E-state index in [2.05, 4.69) is 9.44 Å². The number of nitrogens with one attached hydrogen (secondary N) is 2. The van der Waals surface area contributed by atoms with Crippen molar-refractivity contribution in [3.05, 3.63) is 0 Å². The van der Waals surface area contributed by atoms with Gasteiger partial charge in [0.15, 0.2) is 0 Å². The van der Waals surface area contributed by atoms with Crippen molar-refractivity contribution in [1.82, 2.24) is 9.44 Å². The summed E-state index contributed by atoms with van der Waals surface area (Å²) in [7, 11) is -3.61. The first-order chi connectivity index (χ1) is 7.48. The van der Waals surface area contributed by atoms with Crippen LogP contribution in [0, 0.1) is 5.92 Å². The standard InChI is InChI=1S/C8H14N2O5S/c11-8(12)6-3-15-4-7(6)10-16(13,14)9-5-1-2-5/h5-7,9-10H,1-4H2,(H,11,12). The lowest BCUT2D eigenvalue weighted by Crippen LogP contribution is -2.48. The smallest absolute Gasteiger partial charge is 0.310 e. The molecule has 2 rings (SSSR count). The lowest BCUT2D eigenvalue weighted by Gasteiger charge is -2.15. The molecule has 0 aromatic carbocycles. The molecule has 2 unspecified atom stereocenters. The van der Waals surface area contributed by atoms with Crippen LogP contribution in [0.3, 0.4) is 0 Å². The number of carbonyl (C=O) groups is 1. The molecule has 8 heteroatoms. The Labute approximate surface area is 93.3 Å². The average molecular weight is 250 g/mol. The highest BCUT2D eigenvalue weighted by atomic mass is 32.2. The quantitative estimate of drug-likeness (QED) is 0.561. The monoisotopic (exact) mass is 250 g/mol. The first kappa shape index (κ1) is 11.8. The summed E-state index contributed by atoms with van der Waals surface area (Å²) in [5.74, 6) is -1.85. The maximum absolute atomic E-state index is 11.5.